The molecule has 0 saturated heterocycles. The van der Waals surface area contributed by atoms with Crippen LogP contribution in [0.3, 0.4) is 0 Å². The summed E-state index contributed by atoms with van der Waals surface area (Å²) >= 11 is 0. The number of imide groups is 1. The number of carbonyl (C=O) groups is 2. The monoisotopic (exact) mass is 272 g/mol. The topological polar surface area (TPSA) is 63.4 Å². The highest BCUT2D eigenvalue weighted by molar-refractivity contribution is 6.21. The van der Waals surface area contributed by atoms with Crippen molar-refractivity contribution in [1.82, 2.24) is 4.90 Å². The van der Waals surface area contributed by atoms with Crippen LogP contribution in [0.1, 0.15) is 59.7 Å². The van der Waals surface area contributed by atoms with Crippen LogP contribution in [-0.2, 0) is 0 Å². The van der Waals surface area contributed by atoms with Crippen molar-refractivity contribution in [2.75, 3.05) is 5.73 Å². The molecular weight excluding hydrogens is 252 g/mol. The lowest BCUT2D eigenvalue weighted by molar-refractivity contribution is 0.0524. The van der Waals surface area contributed by atoms with Crippen molar-refractivity contribution in [3.8, 4) is 0 Å². The molecule has 2 N–H and O–H groups in total. The van der Waals surface area contributed by atoms with E-state index >= 15 is 0 Å². The molecule has 4 nitrogen and oxygen atoms in total. The summed E-state index contributed by atoms with van der Waals surface area (Å²) in [7, 11) is 0. The van der Waals surface area contributed by atoms with Crippen LogP contribution in [0.5, 0.6) is 0 Å². The minimum atomic E-state index is -0.170. The third kappa shape index (κ3) is 1.99. The Morgan fingerprint density at radius 1 is 1.05 bits per heavy atom. The molecule has 1 aromatic rings. The normalized spacial score (nSPS) is 26.6. The van der Waals surface area contributed by atoms with Gasteiger partial charge in [0.05, 0.1) is 11.1 Å². The molecule has 3 rings (SSSR count). The van der Waals surface area contributed by atoms with Gasteiger partial charge in [-0.25, -0.2) is 0 Å². The number of amides is 2. The van der Waals surface area contributed by atoms with Gasteiger partial charge in [-0.3, -0.25) is 14.5 Å². The van der Waals surface area contributed by atoms with E-state index in [1.54, 1.807) is 18.2 Å². The predicted molar refractivity (Wildman–Crippen MR) is 77.4 cm³/mol. The quantitative estimate of drug-likeness (QED) is 0.486. The zero-order valence-electron chi connectivity index (χ0n) is 11.8. The minimum Gasteiger partial charge on any atom is -0.399 e. The van der Waals surface area contributed by atoms with E-state index in [9.17, 15) is 9.59 Å². The molecule has 2 amide bonds. The Balaban J connectivity index is 1.96. The summed E-state index contributed by atoms with van der Waals surface area (Å²) in [5, 5.41) is 0. The molecule has 1 fully saturated rings. The molecule has 0 aromatic heterocycles. The molecule has 0 spiro atoms. The summed E-state index contributed by atoms with van der Waals surface area (Å²) in [6.07, 6.45) is 5.47. The third-order valence-electron chi connectivity index (χ3n) is 4.59. The highest BCUT2D eigenvalue weighted by atomic mass is 16.2. The molecule has 2 atom stereocenters. The first kappa shape index (κ1) is 13.2. The van der Waals surface area contributed by atoms with Crippen LogP contribution in [-0.4, -0.2) is 22.8 Å². The Labute approximate surface area is 118 Å². The van der Waals surface area contributed by atoms with Crippen LogP contribution in [0, 0.1) is 5.92 Å². The lowest BCUT2D eigenvalue weighted by atomic mass is 9.95. The molecule has 20 heavy (non-hydrogen) atoms. The van der Waals surface area contributed by atoms with Crippen molar-refractivity contribution in [2.24, 2.45) is 5.92 Å². The predicted octanol–water partition coefficient (Wildman–Crippen LogP) is 2.83. The maximum atomic E-state index is 12.6. The molecule has 1 heterocycles. The van der Waals surface area contributed by atoms with Gasteiger partial charge in [0.25, 0.3) is 11.8 Å². The fraction of sp³-hybridized carbons (Fsp3) is 0.500. The fourth-order valence-corrected chi connectivity index (χ4v) is 3.44. The molecule has 0 bridgehead atoms. The smallest absolute Gasteiger partial charge is 0.261 e. The van der Waals surface area contributed by atoms with Crippen LogP contribution >= 0.6 is 0 Å². The first-order valence-corrected chi connectivity index (χ1v) is 7.37. The van der Waals surface area contributed by atoms with E-state index in [1.165, 1.54) is 17.7 Å². The second kappa shape index (κ2) is 4.93. The number of carbonyl (C=O) groups excluding carboxylic acids is 2. The average Bonchev–Trinajstić information content (AvgIpc) is 2.57. The van der Waals surface area contributed by atoms with Crippen molar-refractivity contribution >= 4 is 17.5 Å². The van der Waals surface area contributed by atoms with E-state index in [0.29, 0.717) is 22.7 Å². The molecule has 1 aromatic carbocycles. The summed E-state index contributed by atoms with van der Waals surface area (Å²) in [6, 6.07) is 5.01. The van der Waals surface area contributed by atoms with Gasteiger partial charge in [0.1, 0.15) is 0 Å². The molecule has 1 aliphatic heterocycles. The van der Waals surface area contributed by atoms with Crippen LogP contribution in [0.25, 0.3) is 0 Å². The van der Waals surface area contributed by atoms with Gasteiger partial charge in [-0.1, -0.05) is 26.2 Å². The first-order valence-electron chi connectivity index (χ1n) is 7.37. The third-order valence-corrected chi connectivity index (χ3v) is 4.59. The molecular formula is C16H20N2O2. The van der Waals surface area contributed by atoms with E-state index in [-0.39, 0.29) is 17.9 Å². The number of hydrogen-bond acceptors (Lipinski definition) is 3. The zero-order valence-corrected chi connectivity index (χ0v) is 11.8. The second-order valence-corrected chi connectivity index (χ2v) is 5.97. The molecule has 1 saturated carbocycles. The molecule has 1 aliphatic carbocycles. The standard InChI is InChI=1S/C16H20N2O2/c1-10-5-3-2-4-6-14(10)18-15(19)12-8-7-11(17)9-13(12)16(18)20/h7-10,14H,2-6,17H2,1H3. The Bertz CT molecular complexity index is 568. The van der Waals surface area contributed by atoms with E-state index in [4.69, 9.17) is 5.73 Å². The van der Waals surface area contributed by atoms with Crippen molar-refractivity contribution in [3.63, 3.8) is 0 Å². The van der Waals surface area contributed by atoms with Gasteiger partial charge in [-0.2, -0.15) is 0 Å². The van der Waals surface area contributed by atoms with Crippen LogP contribution in [0.2, 0.25) is 0 Å². The molecule has 2 unspecified atom stereocenters. The molecule has 4 heteroatoms. The SMILES string of the molecule is CC1CCCCCC1N1C(=O)c2ccc(N)cc2C1=O. The summed E-state index contributed by atoms with van der Waals surface area (Å²) in [5.41, 5.74) is 7.23. The number of benzene rings is 1. The van der Waals surface area contributed by atoms with Gasteiger partial charge in [-0.05, 0) is 37.0 Å². The first-order chi connectivity index (χ1) is 9.59. The second-order valence-electron chi connectivity index (χ2n) is 5.97. The van der Waals surface area contributed by atoms with E-state index in [0.717, 1.165) is 19.3 Å². The van der Waals surface area contributed by atoms with Gasteiger partial charge >= 0.3 is 0 Å². The lowest BCUT2D eigenvalue weighted by Crippen LogP contribution is -2.43. The van der Waals surface area contributed by atoms with Gasteiger partial charge < -0.3 is 5.73 Å². The Kier molecular flexibility index (Phi) is 3.24. The Morgan fingerprint density at radius 2 is 1.75 bits per heavy atom. The summed E-state index contributed by atoms with van der Waals surface area (Å²) in [5.74, 6) is 0.0526. The highest BCUT2D eigenvalue weighted by Crippen LogP contribution is 2.33. The average molecular weight is 272 g/mol. The number of nitrogens with zero attached hydrogens (tertiary/aromatic N) is 1. The summed E-state index contributed by atoms with van der Waals surface area (Å²) < 4.78 is 0. The maximum Gasteiger partial charge on any atom is 0.261 e. The number of nitrogens with two attached hydrogens (primary N) is 1. The van der Waals surface area contributed by atoms with Crippen molar-refractivity contribution in [1.29, 1.82) is 0 Å². The van der Waals surface area contributed by atoms with E-state index in [2.05, 4.69) is 6.92 Å². The van der Waals surface area contributed by atoms with E-state index in [1.807, 2.05) is 0 Å². The highest BCUT2D eigenvalue weighted by Gasteiger charge is 2.41. The number of rotatable bonds is 1. The number of fused-ring (bicyclic) bond motifs is 1. The number of anilines is 1. The Hall–Kier alpha value is -1.84. The van der Waals surface area contributed by atoms with E-state index < -0.39 is 0 Å². The molecule has 0 radical (unpaired) electrons. The van der Waals surface area contributed by atoms with Crippen LogP contribution < -0.4 is 5.73 Å². The number of hydrogen-bond donors (Lipinski definition) is 1. The van der Waals surface area contributed by atoms with Crippen LogP contribution in [0.15, 0.2) is 18.2 Å². The van der Waals surface area contributed by atoms with Gasteiger partial charge in [0.2, 0.25) is 0 Å². The Morgan fingerprint density at radius 3 is 2.55 bits per heavy atom. The van der Waals surface area contributed by atoms with Gasteiger partial charge in [-0.15, -0.1) is 0 Å². The maximum absolute atomic E-state index is 12.6. The van der Waals surface area contributed by atoms with Crippen molar-refractivity contribution < 1.29 is 9.59 Å². The molecule has 2 aliphatic rings. The zero-order chi connectivity index (χ0) is 14.3. The van der Waals surface area contributed by atoms with Gasteiger partial charge in [0, 0.05) is 11.7 Å². The van der Waals surface area contributed by atoms with Crippen molar-refractivity contribution in [2.45, 2.75) is 45.1 Å². The van der Waals surface area contributed by atoms with Gasteiger partial charge in [0.15, 0.2) is 0 Å². The minimum absolute atomic E-state index is 0.0334. The lowest BCUT2D eigenvalue weighted by Gasteiger charge is -2.29. The summed E-state index contributed by atoms with van der Waals surface area (Å²) in [6.45, 7) is 2.15. The fourth-order valence-electron chi connectivity index (χ4n) is 3.44. The number of nitrogen functional groups attached to an aromatic ring is 1. The summed E-state index contributed by atoms with van der Waals surface area (Å²) in [4.78, 5) is 26.6. The van der Waals surface area contributed by atoms with Crippen molar-refractivity contribution in [3.05, 3.63) is 29.3 Å². The molecule has 106 valence electrons. The largest absolute Gasteiger partial charge is 0.399 e. The van der Waals surface area contributed by atoms with Crippen LogP contribution in [0.4, 0.5) is 5.69 Å².